The van der Waals surface area contributed by atoms with Gasteiger partial charge in [0.15, 0.2) is 0 Å². The Morgan fingerprint density at radius 3 is 2.63 bits per heavy atom. The number of nitrogens with zero attached hydrogens (tertiary/aromatic N) is 1. The second-order valence-corrected chi connectivity index (χ2v) is 4.54. The van der Waals surface area contributed by atoms with Crippen LogP contribution in [0.3, 0.4) is 0 Å². The van der Waals surface area contributed by atoms with Crippen LogP contribution < -0.4 is 5.32 Å². The lowest BCUT2D eigenvalue weighted by Gasteiger charge is -2.13. The highest BCUT2D eigenvalue weighted by Gasteiger charge is 2.14. The molecule has 1 amide bonds. The van der Waals surface area contributed by atoms with Crippen molar-refractivity contribution in [2.45, 2.75) is 33.2 Å². The maximum Gasteiger partial charge on any atom is 0.272 e. The maximum atomic E-state index is 10.9. The van der Waals surface area contributed by atoms with Crippen LogP contribution in [0.4, 0.5) is 5.69 Å². The topological polar surface area (TPSA) is 96.1 Å². The highest BCUT2D eigenvalue weighted by atomic mass is 16.6. The molecule has 6 nitrogen and oxygen atoms in total. The summed E-state index contributed by atoms with van der Waals surface area (Å²) >= 11 is 0. The van der Waals surface area contributed by atoms with Gasteiger partial charge < -0.3 is 10.7 Å². The van der Waals surface area contributed by atoms with E-state index in [2.05, 4.69) is 5.32 Å². The van der Waals surface area contributed by atoms with E-state index in [0.29, 0.717) is 23.3 Å². The average molecular weight is 263 g/mol. The Labute approximate surface area is 111 Å². The number of amides is 1. The van der Waals surface area contributed by atoms with E-state index in [1.165, 1.54) is 13.0 Å². The van der Waals surface area contributed by atoms with Crippen LogP contribution >= 0.6 is 0 Å². The van der Waals surface area contributed by atoms with Gasteiger partial charge >= 0.3 is 0 Å². The normalized spacial score (nSPS) is 11.7. The van der Waals surface area contributed by atoms with Gasteiger partial charge in [-0.3, -0.25) is 14.9 Å². The summed E-state index contributed by atoms with van der Waals surface area (Å²) in [5.41, 5.74) is 1.56. The average Bonchev–Trinajstić information content (AvgIpc) is 2.26. The first kappa shape index (κ1) is 14.8. The molecular weight excluding hydrogens is 246 g/mol. The minimum absolute atomic E-state index is 0.0476. The van der Waals surface area contributed by atoms with Crippen molar-refractivity contribution in [3.8, 4) is 0 Å². The van der Waals surface area contributed by atoms with E-state index in [0.717, 1.165) is 0 Å². The lowest BCUT2D eigenvalue weighted by atomic mass is 10.0. The Morgan fingerprint density at radius 2 is 2.16 bits per heavy atom. The lowest BCUT2D eigenvalue weighted by Crippen LogP contribution is -2.32. The van der Waals surface area contributed by atoms with E-state index in [1.54, 1.807) is 19.1 Å². The highest BCUT2D eigenvalue weighted by Crippen LogP contribution is 2.19. The molecule has 1 atom stereocenters. The SMILES string of the molecule is CC(=O)NC(C)CC(=N)c1ccc([N+](=O)[O-])c(C)c1. The fraction of sp³-hybridized carbons (Fsp3) is 0.385. The van der Waals surface area contributed by atoms with Gasteiger partial charge in [0, 0.05) is 36.7 Å². The number of nitro groups is 1. The highest BCUT2D eigenvalue weighted by molar-refractivity contribution is 5.99. The Kier molecular flexibility index (Phi) is 4.74. The summed E-state index contributed by atoms with van der Waals surface area (Å²) in [6.07, 6.45) is 0.386. The fourth-order valence-electron chi connectivity index (χ4n) is 1.87. The zero-order valence-electron chi connectivity index (χ0n) is 11.2. The van der Waals surface area contributed by atoms with E-state index in [1.807, 2.05) is 6.92 Å². The molecule has 0 aliphatic carbocycles. The van der Waals surface area contributed by atoms with Gasteiger partial charge in [-0.05, 0) is 31.5 Å². The molecule has 0 aliphatic heterocycles. The maximum absolute atomic E-state index is 10.9. The number of nitro benzene ring substituents is 1. The molecule has 6 heteroatoms. The number of hydrogen-bond donors (Lipinski definition) is 2. The molecule has 0 saturated carbocycles. The van der Waals surface area contributed by atoms with Crippen LogP contribution in [0.15, 0.2) is 18.2 Å². The molecule has 0 radical (unpaired) electrons. The molecule has 0 fully saturated rings. The molecule has 0 spiro atoms. The van der Waals surface area contributed by atoms with Crippen LogP contribution in [0.25, 0.3) is 0 Å². The van der Waals surface area contributed by atoms with Crippen molar-refractivity contribution in [1.82, 2.24) is 5.32 Å². The zero-order valence-corrected chi connectivity index (χ0v) is 11.2. The molecule has 0 heterocycles. The molecule has 0 saturated heterocycles. The standard InChI is InChI=1S/C13H17N3O3/c1-8-6-11(4-5-13(8)16(18)19)12(14)7-9(2)15-10(3)17/h4-6,9,14H,7H2,1-3H3,(H,15,17). The third-order valence-electron chi connectivity index (χ3n) is 2.70. The van der Waals surface area contributed by atoms with Gasteiger partial charge in [-0.15, -0.1) is 0 Å². The Hall–Kier alpha value is -2.24. The van der Waals surface area contributed by atoms with Gasteiger partial charge in [0.25, 0.3) is 5.69 Å². The summed E-state index contributed by atoms with van der Waals surface area (Å²) in [4.78, 5) is 21.2. The Balaban J connectivity index is 2.81. The molecule has 1 aromatic carbocycles. The number of rotatable bonds is 5. The number of benzene rings is 1. The van der Waals surface area contributed by atoms with Crippen molar-refractivity contribution in [2.24, 2.45) is 0 Å². The lowest BCUT2D eigenvalue weighted by molar-refractivity contribution is -0.385. The zero-order chi connectivity index (χ0) is 14.6. The van der Waals surface area contributed by atoms with Crippen LogP contribution in [0.5, 0.6) is 0 Å². The van der Waals surface area contributed by atoms with Gasteiger partial charge in [-0.2, -0.15) is 0 Å². The molecule has 1 rings (SSSR count). The monoisotopic (exact) mass is 263 g/mol. The van der Waals surface area contributed by atoms with Crippen LogP contribution in [-0.4, -0.2) is 22.6 Å². The third kappa shape index (κ3) is 4.17. The third-order valence-corrected chi connectivity index (χ3v) is 2.70. The summed E-state index contributed by atoms with van der Waals surface area (Å²) in [6.45, 7) is 4.89. The predicted molar refractivity (Wildman–Crippen MR) is 72.6 cm³/mol. The first-order valence-corrected chi connectivity index (χ1v) is 5.91. The summed E-state index contributed by atoms with van der Waals surface area (Å²) in [7, 11) is 0. The molecule has 0 bridgehead atoms. The number of carbonyl (C=O) groups excluding carboxylic acids is 1. The largest absolute Gasteiger partial charge is 0.354 e. The Bertz CT molecular complexity index is 526. The molecule has 1 unspecified atom stereocenters. The molecular formula is C13H17N3O3. The molecule has 0 aromatic heterocycles. The minimum atomic E-state index is -0.442. The van der Waals surface area contributed by atoms with Crippen molar-refractivity contribution >= 4 is 17.3 Å². The van der Waals surface area contributed by atoms with Crippen LogP contribution in [-0.2, 0) is 4.79 Å². The van der Waals surface area contributed by atoms with Crippen LogP contribution in [0.2, 0.25) is 0 Å². The molecule has 2 N–H and O–H groups in total. The van der Waals surface area contributed by atoms with Crippen molar-refractivity contribution in [3.05, 3.63) is 39.4 Å². The predicted octanol–water partition coefficient (Wildman–Crippen LogP) is 2.19. The minimum Gasteiger partial charge on any atom is -0.354 e. The van der Waals surface area contributed by atoms with E-state index in [-0.39, 0.29) is 17.6 Å². The van der Waals surface area contributed by atoms with E-state index in [4.69, 9.17) is 5.41 Å². The molecule has 19 heavy (non-hydrogen) atoms. The van der Waals surface area contributed by atoms with Crippen LogP contribution in [0, 0.1) is 22.4 Å². The van der Waals surface area contributed by atoms with Gasteiger partial charge in [-0.25, -0.2) is 0 Å². The van der Waals surface area contributed by atoms with Crippen molar-refractivity contribution in [1.29, 1.82) is 5.41 Å². The van der Waals surface area contributed by atoms with Gasteiger partial charge in [0.1, 0.15) is 0 Å². The smallest absolute Gasteiger partial charge is 0.272 e. The molecule has 102 valence electrons. The molecule has 0 aliphatic rings. The Morgan fingerprint density at radius 1 is 1.53 bits per heavy atom. The van der Waals surface area contributed by atoms with Gasteiger partial charge in [-0.1, -0.05) is 0 Å². The number of aryl methyl sites for hydroxylation is 1. The summed E-state index contributed by atoms with van der Waals surface area (Å²) in [5.74, 6) is -0.139. The van der Waals surface area contributed by atoms with Crippen LogP contribution in [0.1, 0.15) is 31.4 Å². The van der Waals surface area contributed by atoms with Gasteiger partial charge in [0.05, 0.1) is 4.92 Å². The number of nitrogens with one attached hydrogen (secondary N) is 2. The number of hydrogen-bond acceptors (Lipinski definition) is 4. The molecule has 1 aromatic rings. The number of carbonyl (C=O) groups is 1. The first-order chi connectivity index (χ1) is 8.81. The van der Waals surface area contributed by atoms with E-state index < -0.39 is 4.92 Å². The quantitative estimate of drug-likeness (QED) is 0.484. The second kappa shape index (κ2) is 6.08. The van der Waals surface area contributed by atoms with E-state index >= 15 is 0 Å². The van der Waals surface area contributed by atoms with Crippen molar-refractivity contribution < 1.29 is 9.72 Å². The van der Waals surface area contributed by atoms with Crippen molar-refractivity contribution in [3.63, 3.8) is 0 Å². The summed E-state index contributed by atoms with van der Waals surface area (Å²) in [5, 5.41) is 21.4. The summed E-state index contributed by atoms with van der Waals surface area (Å²) in [6, 6.07) is 4.46. The van der Waals surface area contributed by atoms with Gasteiger partial charge in [0.2, 0.25) is 5.91 Å². The fourth-order valence-corrected chi connectivity index (χ4v) is 1.87. The summed E-state index contributed by atoms with van der Waals surface area (Å²) < 4.78 is 0. The second-order valence-electron chi connectivity index (χ2n) is 4.54. The first-order valence-electron chi connectivity index (χ1n) is 5.91. The van der Waals surface area contributed by atoms with Crippen molar-refractivity contribution in [2.75, 3.05) is 0 Å². The van der Waals surface area contributed by atoms with E-state index in [9.17, 15) is 14.9 Å².